The number of allylic oxidation sites excluding steroid dienone is 1. The standard InChI is InChI=1S/C25H25N5OS2/c1-3-12-30-22(28-29-25(30)33-16-19-9-7-8-18(2)13-19)15-26-23(31)14-21-17-32-24(27-21)20-10-5-4-6-11-20/h3-11,13,17H,1,12,14-16H2,2H3,(H,26,31). The number of thioether (sulfide) groups is 1. The molecule has 0 saturated heterocycles. The van der Waals surface area contributed by atoms with Crippen molar-refractivity contribution in [1.82, 2.24) is 25.1 Å². The summed E-state index contributed by atoms with van der Waals surface area (Å²) in [7, 11) is 0. The van der Waals surface area contributed by atoms with Crippen LogP contribution in [0.4, 0.5) is 0 Å². The highest BCUT2D eigenvalue weighted by Crippen LogP contribution is 2.24. The van der Waals surface area contributed by atoms with Gasteiger partial charge in [0.05, 0.1) is 18.7 Å². The van der Waals surface area contributed by atoms with E-state index in [9.17, 15) is 4.79 Å². The summed E-state index contributed by atoms with van der Waals surface area (Å²) in [5.41, 5.74) is 4.29. The van der Waals surface area contributed by atoms with Crippen molar-refractivity contribution in [3.63, 3.8) is 0 Å². The van der Waals surface area contributed by atoms with E-state index in [0.29, 0.717) is 18.9 Å². The molecule has 0 atom stereocenters. The van der Waals surface area contributed by atoms with Gasteiger partial charge in [-0.15, -0.1) is 28.1 Å². The van der Waals surface area contributed by atoms with Gasteiger partial charge in [0.1, 0.15) is 5.01 Å². The van der Waals surface area contributed by atoms with E-state index in [1.165, 1.54) is 11.1 Å². The van der Waals surface area contributed by atoms with Crippen molar-refractivity contribution < 1.29 is 4.79 Å². The third-order valence-electron chi connectivity index (χ3n) is 4.91. The number of amides is 1. The molecule has 0 aliphatic rings. The fourth-order valence-corrected chi connectivity index (χ4v) is 5.06. The first-order chi connectivity index (χ1) is 16.1. The Hall–Kier alpha value is -3.23. The molecule has 2 aromatic heterocycles. The van der Waals surface area contributed by atoms with Gasteiger partial charge in [0, 0.05) is 23.2 Å². The summed E-state index contributed by atoms with van der Waals surface area (Å²) in [5.74, 6) is 1.41. The molecule has 1 N–H and O–H groups in total. The van der Waals surface area contributed by atoms with Crippen LogP contribution in [0.25, 0.3) is 10.6 Å². The summed E-state index contributed by atoms with van der Waals surface area (Å²) in [6.45, 7) is 6.82. The Labute approximate surface area is 201 Å². The van der Waals surface area contributed by atoms with Crippen molar-refractivity contribution in [2.75, 3.05) is 0 Å². The van der Waals surface area contributed by atoms with E-state index in [-0.39, 0.29) is 12.3 Å². The zero-order valence-corrected chi connectivity index (χ0v) is 20.0. The number of aromatic nitrogens is 4. The number of carbonyl (C=O) groups is 1. The Morgan fingerprint density at radius 3 is 2.82 bits per heavy atom. The lowest BCUT2D eigenvalue weighted by Crippen LogP contribution is -2.26. The van der Waals surface area contributed by atoms with Crippen LogP contribution in [0.15, 0.2) is 77.8 Å². The van der Waals surface area contributed by atoms with E-state index in [1.807, 2.05) is 46.4 Å². The van der Waals surface area contributed by atoms with Crippen LogP contribution in [0.1, 0.15) is 22.6 Å². The summed E-state index contributed by atoms with van der Waals surface area (Å²) in [5, 5.41) is 15.3. The van der Waals surface area contributed by atoms with Crippen LogP contribution in [0.2, 0.25) is 0 Å². The van der Waals surface area contributed by atoms with Crippen LogP contribution in [-0.4, -0.2) is 25.7 Å². The maximum atomic E-state index is 12.5. The van der Waals surface area contributed by atoms with Gasteiger partial charge in [0.15, 0.2) is 11.0 Å². The Kier molecular flexibility index (Phi) is 7.70. The fraction of sp³-hybridized carbons (Fsp3) is 0.200. The largest absolute Gasteiger partial charge is 0.348 e. The van der Waals surface area contributed by atoms with E-state index < -0.39 is 0 Å². The SMILES string of the molecule is C=CCn1c(CNC(=O)Cc2csc(-c3ccccc3)n2)nnc1SCc1cccc(C)c1. The van der Waals surface area contributed by atoms with Crippen LogP contribution >= 0.6 is 23.1 Å². The van der Waals surface area contributed by atoms with Crippen molar-refractivity contribution in [1.29, 1.82) is 0 Å². The molecule has 0 radical (unpaired) electrons. The molecule has 0 fully saturated rings. The minimum absolute atomic E-state index is 0.0953. The lowest BCUT2D eigenvalue weighted by atomic mass is 10.2. The van der Waals surface area contributed by atoms with E-state index in [0.717, 1.165) is 27.2 Å². The number of rotatable bonds is 10. The summed E-state index contributed by atoms with van der Waals surface area (Å²) in [4.78, 5) is 17.1. The van der Waals surface area contributed by atoms with Gasteiger partial charge >= 0.3 is 0 Å². The highest BCUT2D eigenvalue weighted by molar-refractivity contribution is 7.98. The smallest absolute Gasteiger partial charge is 0.226 e. The number of nitrogens with zero attached hydrogens (tertiary/aromatic N) is 4. The first-order valence-electron chi connectivity index (χ1n) is 10.6. The van der Waals surface area contributed by atoms with E-state index >= 15 is 0 Å². The van der Waals surface area contributed by atoms with Gasteiger partial charge in [-0.1, -0.05) is 78.0 Å². The van der Waals surface area contributed by atoms with Crippen molar-refractivity contribution >= 4 is 29.0 Å². The molecule has 0 aliphatic carbocycles. The van der Waals surface area contributed by atoms with E-state index in [2.05, 4.69) is 58.3 Å². The van der Waals surface area contributed by atoms with Gasteiger partial charge in [-0.3, -0.25) is 4.79 Å². The number of aryl methyl sites for hydroxylation is 1. The van der Waals surface area contributed by atoms with Gasteiger partial charge < -0.3 is 9.88 Å². The van der Waals surface area contributed by atoms with Crippen LogP contribution < -0.4 is 5.32 Å². The molecule has 1 amide bonds. The number of hydrogen-bond donors (Lipinski definition) is 1. The number of thiazole rings is 1. The zero-order valence-electron chi connectivity index (χ0n) is 18.4. The van der Waals surface area contributed by atoms with E-state index in [1.54, 1.807) is 23.1 Å². The molecular formula is C25H25N5OS2. The average molecular weight is 476 g/mol. The first kappa shape index (κ1) is 22.9. The van der Waals surface area contributed by atoms with Gasteiger partial charge in [-0.25, -0.2) is 4.98 Å². The quantitative estimate of drug-likeness (QED) is 0.257. The van der Waals surface area contributed by atoms with Crippen LogP contribution in [0.5, 0.6) is 0 Å². The third kappa shape index (κ3) is 6.18. The average Bonchev–Trinajstić information content (AvgIpc) is 3.44. The molecule has 0 aliphatic heterocycles. The third-order valence-corrected chi connectivity index (χ3v) is 6.89. The summed E-state index contributed by atoms with van der Waals surface area (Å²) in [6.07, 6.45) is 2.04. The Morgan fingerprint density at radius 1 is 1.18 bits per heavy atom. The van der Waals surface area contributed by atoms with Crippen molar-refractivity contribution in [3.8, 4) is 10.6 Å². The predicted molar refractivity (Wildman–Crippen MR) is 134 cm³/mol. The summed E-state index contributed by atoms with van der Waals surface area (Å²) >= 11 is 3.17. The van der Waals surface area contributed by atoms with Crippen LogP contribution in [-0.2, 0) is 30.1 Å². The molecule has 8 heteroatoms. The molecule has 33 heavy (non-hydrogen) atoms. The number of benzene rings is 2. The molecule has 0 unspecified atom stereocenters. The first-order valence-corrected chi connectivity index (χ1v) is 12.5. The highest BCUT2D eigenvalue weighted by Gasteiger charge is 2.14. The molecule has 0 bridgehead atoms. The van der Waals surface area contributed by atoms with Crippen LogP contribution in [0.3, 0.4) is 0 Å². The monoisotopic (exact) mass is 475 g/mol. The summed E-state index contributed by atoms with van der Waals surface area (Å²) < 4.78 is 1.99. The Bertz CT molecular complexity index is 1230. The Balaban J connectivity index is 1.35. The lowest BCUT2D eigenvalue weighted by Gasteiger charge is -2.09. The fourth-order valence-electron chi connectivity index (χ4n) is 3.32. The number of carbonyl (C=O) groups excluding carboxylic acids is 1. The van der Waals surface area contributed by atoms with Gasteiger partial charge in [-0.05, 0) is 12.5 Å². The minimum atomic E-state index is -0.0953. The molecule has 2 heterocycles. The normalized spacial score (nSPS) is 10.8. The lowest BCUT2D eigenvalue weighted by molar-refractivity contribution is -0.120. The van der Waals surface area contributed by atoms with Gasteiger partial charge in [0.25, 0.3) is 0 Å². The number of nitrogens with one attached hydrogen (secondary N) is 1. The van der Waals surface area contributed by atoms with Crippen molar-refractivity contribution in [3.05, 3.63) is 95.3 Å². The molecule has 0 saturated carbocycles. The van der Waals surface area contributed by atoms with Crippen LogP contribution in [0, 0.1) is 6.92 Å². The second-order valence-corrected chi connectivity index (χ2v) is 9.34. The minimum Gasteiger partial charge on any atom is -0.348 e. The maximum Gasteiger partial charge on any atom is 0.226 e. The Morgan fingerprint density at radius 2 is 2.03 bits per heavy atom. The molecule has 6 nitrogen and oxygen atoms in total. The van der Waals surface area contributed by atoms with Crippen molar-refractivity contribution in [2.45, 2.75) is 37.3 Å². The molecule has 168 valence electrons. The molecule has 2 aromatic carbocycles. The summed E-state index contributed by atoms with van der Waals surface area (Å²) in [6, 6.07) is 18.4. The molecule has 0 spiro atoms. The second-order valence-electron chi connectivity index (χ2n) is 7.54. The van der Waals surface area contributed by atoms with Gasteiger partial charge in [0.2, 0.25) is 5.91 Å². The van der Waals surface area contributed by atoms with Gasteiger partial charge in [-0.2, -0.15) is 0 Å². The molecular weight excluding hydrogens is 450 g/mol. The molecule has 4 aromatic rings. The van der Waals surface area contributed by atoms with E-state index in [4.69, 9.17) is 0 Å². The highest BCUT2D eigenvalue weighted by atomic mass is 32.2. The maximum absolute atomic E-state index is 12.5. The number of hydrogen-bond acceptors (Lipinski definition) is 6. The topological polar surface area (TPSA) is 72.7 Å². The zero-order chi connectivity index (χ0) is 23.0. The van der Waals surface area contributed by atoms with Crippen molar-refractivity contribution in [2.24, 2.45) is 0 Å². The second kappa shape index (κ2) is 11.1. The molecule has 4 rings (SSSR count). The predicted octanol–water partition coefficient (Wildman–Crippen LogP) is 5.05.